The highest BCUT2D eigenvalue weighted by Gasteiger charge is 2.14. The van der Waals surface area contributed by atoms with E-state index in [0.29, 0.717) is 6.54 Å². The summed E-state index contributed by atoms with van der Waals surface area (Å²) in [6, 6.07) is 24.3. The number of aryl methyl sites for hydroxylation is 2. The highest BCUT2D eigenvalue weighted by molar-refractivity contribution is 6.11. The van der Waals surface area contributed by atoms with Gasteiger partial charge in [0.2, 0.25) is 0 Å². The topological polar surface area (TPSA) is 57.8 Å². The Morgan fingerprint density at radius 1 is 1.00 bits per heavy atom. The van der Waals surface area contributed by atoms with Gasteiger partial charge in [0.15, 0.2) is 0 Å². The number of aromatic nitrogens is 1. The normalized spacial score (nSPS) is 11.4. The average Bonchev–Trinajstić information content (AvgIpc) is 3.14. The molecule has 1 amide bonds. The molecule has 158 valence electrons. The molecule has 0 aliphatic carbocycles. The SMILES string of the molecule is Cc1ccc(Cn2cc(/C=C(\C#N)C(=O)Nc3cccc(C)c3C)c3ccccc32)cc1. The summed E-state index contributed by atoms with van der Waals surface area (Å²) in [6.07, 6.45) is 3.68. The molecule has 4 rings (SSSR count). The molecular weight excluding hydrogens is 394 g/mol. The van der Waals surface area contributed by atoms with Crippen LogP contribution in [0.25, 0.3) is 17.0 Å². The minimum Gasteiger partial charge on any atom is -0.342 e. The van der Waals surface area contributed by atoms with Crippen molar-refractivity contribution < 1.29 is 4.79 Å². The monoisotopic (exact) mass is 419 g/mol. The second-order valence-corrected chi connectivity index (χ2v) is 8.09. The van der Waals surface area contributed by atoms with Gasteiger partial charge < -0.3 is 9.88 Å². The largest absolute Gasteiger partial charge is 0.342 e. The number of fused-ring (bicyclic) bond motifs is 1. The van der Waals surface area contributed by atoms with Crippen LogP contribution in [-0.4, -0.2) is 10.5 Å². The summed E-state index contributed by atoms with van der Waals surface area (Å²) in [7, 11) is 0. The van der Waals surface area contributed by atoms with E-state index in [2.05, 4.69) is 53.2 Å². The zero-order valence-electron chi connectivity index (χ0n) is 18.5. The fourth-order valence-corrected chi connectivity index (χ4v) is 3.79. The third-order valence-electron chi connectivity index (χ3n) is 5.81. The molecule has 3 aromatic carbocycles. The molecule has 0 bridgehead atoms. The maximum Gasteiger partial charge on any atom is 0.266 e. The molecule has 0 saturated heterocycles. The zero-order chi connectivity index (χ0) is 22.7. The van der Waals surface area contributed by atoms with Crippen molar-refractivity contribution in [1.82, 2.24) is 4.57 Å². The summed E-state index contributed by atoms with van der Waals surface area (Å²) >= 11 is 0. The van der Waals surface area contributed by atoms with Gasteiger partial charge in [0.25, 0.3) is 5.91 Å². The van der Waals surface area contributed by atoms with Gasteiger partial charge in [-0.05, 0) is 55.7 Å². The Labute approximate surface area is 188 Å². The number of hydrogen-bond acceptors (Lipinski definition) is 2. The van der Waals surface area contributed by atoms with Crippen molar-refractivity contribution in [2.75, 3.05) is 5.32 Å². The van der Waals surface area contributed by atoms with Crippen LogP contribution in [-0.2, 0) is 11.3 Å². The van der Waals surface area contributed by atoms with E-state index in [9.17, 15) is 10.1 Å². The molecule has 4 heteroatoms. The summed E-state index contributed by atoms with van der Waals surface area (Å²) in [5.74, 6) is -0.406. The lowest BCUT2D eigenvalue weighted by Crippen LogP contribution is -2.14. The third kappa shape index (κ3) is 4.33. The molecule has 0 aliphatic heterocycles. The molecule has 1 heterocycles. The van der Waals surface area contributed by atoms with Crippen LogP contribution in [0.15, 0.2) is 78.5 Å². The van der Waals surface area contributed by atoms with E-state index >= 15 is 0 Å². The number of nitrogens with zero attached hydrogens (tertiary/aromatic N) is 2. The number of hydrogen-bond donors (Lipinski definition) is 1. The van der Waals surface area contributed by atoms with Crippen molar-refractivity contribution >= 4 is 28.6 Å². The van der Waals surface area contributed by atoms with Crippen LogP contribution in [0, 0.1) is 32.1 Å². The fraction of sp³-hybridized carbons (Fsp3) is 0.143. The molecular formula is C28H25N3O. The smallest absolute Gasteiger partial charge is 0.266 e. The maximum absolute atomic E-state index is 12.9. The van der Waals surface area contributed by atoms with Gasteiger partial charge in [-0.3, -0.25) is 4.79 Å². The van der Waals surface area contributed by atoms with Crippen molar-refractivity contribution in [3.05, 3.63) is 106 Å². The predicted molar refractivity (Wildman–Crippen MR) is 130 cm³/mol. The Bertz CT molecular complexity index is 1370. The van der Waals surface area contributed by atoms with Crippen LogP contribution < -0.4 is 5.32 Å². The van der Waals surface area contributed by atoms with Crippen molar-refractivity contribution in [3.8, 4) is 6.07 Å². The van der Waals surface area contributed by atoms with Crippen molar-refractivity contribution in [3.63, 3.8) is 0 Å². The Morgan fingerprint density at radius 2 is 1.75 bits per heavy atom. The second-order valence-electron chi connectivity index (χ2n) is 8.09. The lowest BCUT2D eigenvalue weighted by molar-refractivity contribution is -0.112. The summed E-state index contributed by atoms with van der Waals surface area (Å²) in [5.41, 5.74) is 7.20. The van der Waals surface area contributed by atoms with E-state index in [0.717, 1.165) is 33.3 Å². The van der Waals surface area contributed by atoms with Crippen LogP contribution >= 0.6 is 0 Å². The number of benzene rings is 3. The second kappa shape index (κ2) is 8.95. The lowest BCUT2D eigenvalue weighted by atomic mass is 10.1. The van der Waals surface area contributed by atoms with Gasteiger partial charge in [0.1, 0.15) is 11.6 Å². The van der Waals surface area contributed by atoms with Gasteiger partial charge in [-0.25, -0.2) is 0 Å². The number of nitriles is 1. The van der Waals surface area contributed by atoms with Gasteiger partial charge in [-0.15, -0.1) is 0 Å². The number of rotatable bonds is 5. The van der Waals surface area contributed by atoms with Gasteiger partial charge in [-0.2, -0.15) is 5.26 Å². The van der Waals surface area contributed by atoms with Crippen LogP contribution in [0.3, 0.4) is 0 Å². The van der Waals surface area contributed by atoms with Crippen LogP contribution in [0.4, 0.5) is 5.69 Å². The van der Waals surface area contributed by atoms with E-state index < -0.39 is 5.91 Å². The molecule has 0 fully saturated rings. The molecule has 0 radical (unpaired) electrons. The molecule has 4 aromatic rings. The van der Waals surface area contributed by atoms with E-state index in [1.807, 2.05) is 56.4 Å². The van der Waals surface area contributed by atoms with Gasteiger partial charge in [0, 0.05) is 34.9 Å². The first-order valence-corrected chi connectivity index (χ1v) is 10.6. The quantitative estimate of drug-likeness (QED) is 0.311. The van der Waals surface area contributed by atoms with Gasteiger partial charge >= 0.3 is 0 Å². The number of anilines is 1. The van der Waals surface area contributed by atoms with E-state index in [4.69, 9.17) is 0 Å². The van der Waals surface area contributed by atoms with Gasteiger partial charge in [-0.1, -0.05) is 60.2 Å². The molecule has 1 aromatic heterocycles. The Morgan fingerprint density at radius 3 is 2.50 bits per heavy atom. The standard InChI is InChI=1S/C28H25N3O/c1-19-11-13-22(14-12-19)17-31-18-24(25-8-4-5-10-27(25)31)15-23(16-29)28(32)30-26-9-6-7-20(2)21(26)3/h4-15,18H,17H2,1-3H3,(H,30,32)/b23-15+. The van der Waals surface area contributed by atoms with Crippen LogP contribution in [0.5, 0.6) is 0 Å². The molecule has 1 N–H and O–H groups in total. The summed E-state index contributed by atoms with van der Waals surface area (Å²) in [5, 5.41) is 13.6. The number of carbonyl (C=O) groups is 1. The lowest BCUT2D eigenvalue weighted by Gasteiger charge is -2.09. The third-order valence-corrected chi connectivity index (χ3v) is 5.81. The minimum absolute atomic E-state index is 0.0733. The number of amides is 1. The first-order valence-electron chi connectivity index (χ1n) is 10.6. The Kier molecular flexibility index (Phi) is 5.91. The number of nitrogens with one attached hydrogen (secondary N) is 1. The molecule has 0 spiro atoms. The molecule has 4 nitrogen and oxygen atoms in total. The predicted octanol–water partition coefficient (Wildman–Crippen LogP) is 6.16. The van der Waals surface area contributed by atoms with Crippen LogP contribution in [0.1, 0.15) is 27.8 Å². The average molecular weight is 420 g/mol. The molecule has 0 unspecified atom stereocenters. The van der Waals surface area contributed by atoms with E-state index in [1.54, 1.807) is 6.08 Å². The minimum atomic E-state index is -0.406. The van der Waals surface area contributed by atoms with Gasteiger partial charge in [0.05, 0.1) is 0 Å². The van der Waals surface area contributed by atoms with Crippen molar-refractivity contribution in [2.24, 2.45) is 0 Å². The Balaban J connectivity index is 1.68. The maximum atomic E-state index is 12.9. The van der Waals surface area contributed by atoms with E-state index in [-0.39, 0.29) is 5.57 Å². The van der Waals surface area contributed by atoms with E-state index in [1.165, 1.54) is 11.1 Å². The first kappa shape index (κ1) is 21.1. The summed E-state index contributed by atoms with van der Waals surface area (Å²) in [6.45, 7) is 6.74. The fourth-order valence-electron chi connectivity index (χ4n) is 3.79. The van der Waals surface area contributed by atoms with Crippen molar-refractivity contribution in [2.45, 2.75) is 27.3 Å². The zero-order valence-corrected chi connectivity index (χ0v) is 18.5. The first-order chi connectivity index (χ1) is 15.5. The van der Waals surface area contributed by atoms with Crippen molar-refractivity contribution in [1.29, 1.82) is 5.26 Å². The molecule has 32 heavy (non-hydrogen) atoms. The summed E-state index contributed by atoms with van der Waals surface area (Å²) < 4.78 is 2.16. The highest BCUT2D eigenvalue weighted by atomic mass is 16.1. The molecule has 0 atom stereocenters. The molecule has 0 saturated carbocycles. The van der Waals surface area contributed by atoms with Crippen LogP contribution in [0.2, 0.25) is 0 Å². The molecule has 0 aliphatic rings. The number of carbonyl (C=O) groups excluding carboxylic acids is 1. The number of para-hydroxylation sites is 1. The Hall–Kier alpha value is -4.10. The summed E-state index contributed by atoms with van der Waals surface area (Å²) in [4.78, 5) is 12.9. The highest BCUT2D eigenvalue weighted by Crippen LogP contribution is 2.25.